The third-order valence-corrected chi connectivity index (χ3v) is 2.48. The first-order valence-corrected chi connectivity index (χ1v) is 6.15. The monoisotopic (exact) mass is 218 g/mol. The van der Waals surface area contributed by atoms with Crippen molar-refractivity contribution >= 4 is 5.97 Å². The molecule has 0 saturated heterocycles. The number of carbonyl (C=O) groups excluding carboxylic acids is 1. The molecule has 0 aliphatic carbocycles. The fourth-order valence-electron chi connectivity index (χ4n) is 1.58. The van der Waals surface area contributed by atoms with E-state index in [1.165, 1.54) is 44.9 Å². The van der Waals surface area contributed by atoms with E-state index in [9.17, 15) is 9.90 Å². The molecule has 16 heavy (non-hydrogen) atoms. The molecular weight excluding hydrogens is 195 g/mol. The number of carboxylic acid groups (broad SMARTS) is 1. The van der Waals surface area contributed by atoms with Gasteiger partial charge >= 0.3 is 18.9 Å². The van der Waals surface area contributed by atoms with E-state index in [4.69, 9.17) is 0 Å². The molecule has 0 N–H and O–H groups in total. The quantitative estimate of drug-likeness (QED) is 0.290. The average Bonchev–Trinajstić information content (AvgIpc) is 2.20. The average molecular weight is 218 g/mol. The first-order chi connectivity index (χ1) is 7.27. The summed E-state index contributed by atoms with van der Waals surface area (Å²) in [6.07, 6.45) is 14.0. The van der Waals surface area contributed by atoms with E-state index in [2.05, 4.69) is 6.92 Å². The van der Waals surface area contributed by atoms with Gasteiger partial charge in [-0.05, 0) is 18.9 Å². The minimum absolute atomic E-state index is 0. The first kappa shape index (κ1) is 18.2. The first-order valence-electron chi connectivity index (χ1n) is 6.15. The van der Waals surface area contributed by atoms with Crippen LogP contribution in [-0.2, 0) is 4.79 Å². The number of allylic oxidation sites excluding steroid dienone is 1. The second-order valence-corrected chi connectivity index (χ2v) is 3.98. The molecule has 0 heterocycles. The van der Waals surface area contributed by atoms with Gasteiger partial charge in [0.25, 0.3) is 0 Å². The molecule has 0 fully saturated rings. The maximum Gasteiger partial charge on any atom is 1.00 e. The summed E-state index contributed by atoms with van der Waals surface area (Å²) in [5.74, 6) is -1.09. The Morgan fingerprint density at radius 2 is 1.50 bits per heavy atom. The molecule has 2 nitrogen and oxygen atoms in total. The zero-order valence-corrected chi connectivity index (χ0v) is 10.8. The predicted octanol–water partition coefficient (Wildman–Crippen LogP) is -0.173. The second-order valence-electron chi connectivity index (χ2n) is 3.98. The number of rotatable bonds is 10. The molecular formula is C13H23LiO2. The summed E-state index contributed by atoms with van der Waals surface area (Å²) in [5.41, 5.74) is 0. The van der Waals surface area contributed by atoms with E-state index >= 15 is 0 Å². The summed E-state index contributed by atoms with van der Waals surface area (Å²) in [4.78, 5) is 10.0. The SMILES string of the molecule is CCCCCCCCCCC=CC(=O)[O-].[Li+]. The third kappa shape index (κ3) is 16.2. The van der Waals surface area contributed by atoms with Gasteiger partial charge in [0.05, 0.1) is 5.97 Å². The molecule has 0 radical (unpaired) electrons. The summed E-state index contributed by atoms with van der Waals surface area (Å²) in [6.45, 7) is 2.23. The van der Waals surface area contributed by atoms with Crippen molar-refractivity contribution in [2.45, 2.75) is 64.7 Å². The van der Waals surface area contributed by atoms with Gasteiger partial charge in [0.1, 0.15) is 0 Å². The molecule has 0 aliphatic rings. The molecule has 0 aromatic rings. The van der Waals surface area contributed by atoms with Gasteiger partial charge in [-0.25, -0.2) is 0 Å². The number of unbranched alkanes of at least 4 members (excludes halogenated alkanes) is 8. The van der Waals surface area contributed by atoms with E-state index in [0.29, 0.717) is 0 Å². The van der Waals surface area contributed by atoms with E-state index in [1.807, 2.05) is 0 Å². The second kappa shape index (κ2) is 14.8. The minimum atomic E-state index is -1.09. The van der Waals surface area contributed by atoms with Crippen LogP contribution in [-0.4, -0.2) is 5.97 Å². The maximum atomic E-state index is 10.0. The molecule has 0 aromatic heterocycles. The number of hydrogen-bond donors (Lipinski definition) is 0. The molecule has 0 atom stereocenters. The Hall–Kier alpha value is -0.193. The van der Waals surface area contributed by atoms with Crippen LogP contribution in [0, 0.1) is 0 Å². The number of aliphatic carboxylic acids is 1. The zero-order valence-electron chi connectivity index (χ0n) is 10.8. The Kier molecular flexibility index (Phi) is 16.8. The molecule has 0 aliphatic heterocycles. The van der Waals surface area contributed by atoms with Crippen LogP contribution in [0.25, 0.3) is 0 Å². The van der Waals surface area contributed by atoms with Crippen molar-refractivity contribution in [3.63, 3.8) is 0 Å². The molecule has 0 spiro atoms. The molecule has 0 aromatic carbocycles. The smallest absolute Gasteiger partial charge is 0.545 e. The van der Waals surface area contributed by atoms with Crippen LogP contribution in [0.5, 0.6) is 0 Å². The van der Waals surface area contributed by atoms with Crippen LogP contribution in [0.15, 0.2) is 12.2 Å². The summed E-state index contributed by atoms with van der Waals surface area (Å²) in [5, 5.41) is 10.0. The van der Waals surface area contributed by atoms with Crippen molar-refractivity contribution in [1.82, 2.24) is 0 Å². The van der Waals surface area contributed by atoms with Crippen LogP contribution in [0.3, 0.4) is 0 Å². The number of carbonyl (C=O) groups is 1. The van der Waals surface area contributed by atoms with Gasteiger partial charge in [0, 0.05) is 0 Å². The molecule has 0 rings (SSSR count). The molecule has 88 valence electrons. The van der Waals surface area contributed by atoms with Gasteiger partial charge in [-0.15, -0.1) is 0 Å². The summed E-state index contributed by atoms with van der Waals surface area (Å²) in [7, 11) is 0. The number of hydrogen-bond acceptors (Lipinski definition) is 2. The van der Waals surface area contributed by atoms with Crippen molar-refractivity contribution in [2.75, 3.05) is 0 Å². The van der Waals surface area contributed by atoms with Crippen LogP contribution >= 0.6 is 0 Å². The topological polar surface area (TPSA) is 40.1 Å². The Bertz CT molecular complexity index is 179. The zero-order chi connectivity index (χ0) is 11.4. The molecule has 0 bridgehead atoms. The van der Waals surface area contributed by atoms with Gasteiger partial charge in [-0.1, -0.05) is 57.9 Å². The maximum absolute atomic E-state index is 10.0. The summed E-state index contributed by atoms with van der Waals surface area (Å²) in [6, 6.07) is 0. The van der Waals surface area contributed by atoms with Crippen LogP contribution in [0.4, 0.5) is 0 Å². The Balaban J connectivity index is 0. The van der Waals surface area contributed by atoms with E-state index < -0.39 is 5.97 Å². The fraction of sp³-hybridized carbons (Fsp3) is 0.769. The Morgan fingerprint density at radius 1 is 1.00 bits per heavy atom. The normalized spacial score (nSPS) is 10.3. The molecule has 0 amide bonds. The fourth-order valence-corrected chi connectivity index (χ4v) is 1.58. The van der Waals surface area contributed by atoms with E-state index in [-0.39, 0.29) is 18.9 Å². The Morgan fingerprint density at radius 3 is 2.00 bits per heavy atom. The van der Waals surface area contributed by atoms with Crippen molar-refractivity contribution in [1.29, 1.82) is 0 Å². The van der Waals surface area contributed by atoms with Gasteiger partial charge in [-0.3, -0.25) is 0 Å². The van der Waals surface area contributed by atoms with E-state index in [1.54, 1.807) is 6.08 Å². The van der Waals surface area contributed by atoms with Crippen molar-refractivity contribution in [3.8, 4) is 0 Å². The van der Waals surface area contributed by atoms with Crippen molar-refractivity contribution < 1.29 is 28.8 Å². The van der Waals surface area contributed by atoms with Crippen LogP contribution < -0.4 is 24.0 Å². The number of carboxylic acids is 1. The largest absolute Gasteiger partial charge is 1.00 e. The predicted molar refractivity (Wildman–Crippen MR) is 61.4 cm³/mol. The molecule has 3 heteroatoms. The van der Waals surface area contributed by atoms with Gasteiger partial charge in [0.2, 0.25) is 0 Å². The Labute approximate surface area is 112 Å². The van der Waals surface area contributed by atoms with Gasteiger partial charge < -0.3 is 9.90 Å². The minimum Gasteiger partial charge on any atom is -0.545 e. The molecule has 0 unspecified atom stereocenters. The van der Waals surface area contributed by atoms with Gasteiger partial charge in [-0.2, -0.15) is 0 Å². The van der Waals surface area contributed by atoms with Crippen molar-refractivity contribution in [3.05, 3.63) is 12.2 Å². The summed E-state index contributed by atoms with van der Waals surface area (Å²) < 4.78 is 0. The van der Waals surface area contributed by atoms with E-state index in [0.717, 1.165) is 18.9 Å². The molecule has 0 saturated carbocycles. The third-order valence-electron chi connectivity index (χ3n) is 2.48. The van der Waals surface area contributed by atoms with Crippen LogP contribution in [0.1, 0.15) is 64.7 Å². The van der Waals surface area contributed by atoms with Gasteiger partial charge in [0.15, 0.2) is 0 Å². The van der Waals surface area contributed by atoms with Crippen LogP contribution in [0.2, 0.25) is 0 Å². The standard InChI is InChI=1S/C13H24O2.Li/c1-2-3-4-5-6-7-8-9-10-11-12-13(14)15;/h11-12H,2-10H2,1H3,(H,14,15);/q;+1/p-1. The summed E-state index contributed by atoms with van der Waals surface area (Å²) >= 11 is 0. The van der Waals surface area contributed by atoms with Crippen molar-refractivity contribution in [2.24, 2.45) is 0 Å².